The number of aryl methyl sites for hydroxylation is 1. The molecule has 2 N–H and O–H groups in total. The summed E-state index contributed by atoms with van der Waals surface area (Å²) in [5, 5.41) is 8.83. The highest BCUT2D eigenvalue weighted by molar-refractivity contribution is 7.92. The first kappa shape index (κ1) is 15.1. The number of benzene rings is 1. The van der Waals surface area contributed by atoms with E-state index in [-0.39, 0.29) is 26.7 Å². The molecule has 0 bridgehead atoms. The Balaban J connectivity index is 2.41. The van der Waals surface area contributed by atoms with Gasteiger partial charge in [-0.15, -0.1) is 0 Å². The van der Waals surface area contributed by atoms with Gasteiger partial charge in [0.05, 0.1) is 21.2 Å². The number of H-pyrrole nitrogens is 1. The fourth-order valence-corrected chi connectivity index (χ4v) is 3.08. The van der Waals surface area contributed by atoms with Gasteiger partial charge < -0.3 is 4.98 Å². The van der Waals surface area contributed by atoms with Crippen molar-refractivity contribution in [3.8, 4) is 6.07 Å². The standard InChI is InChI=1S/C13H10ClN3O3S/c1-8-4-13(18)16-7-12(8)17-21(19,20)10-3-2-9(6-15)11(14)5-10/h2-5,7,17H,1H3,(H,16,18). The molecular formula is C13H10ClN3O3S. The van der Waals surface area contributed by atoms with Gasteiger partial charge in [0.15, 0.2) is 0 Å². The summed E-state index contributed by atoms with van der Waals surface area (Å²) in [5.41, 5.74) is 0.616. The second kappa shape index (κ2) is 5.60. The van der Waals surface area contributed by atoms with Crippen LogP contribution in [0.1, 0.15) is 11.1 Å². The third kappa shape index (κ3) is 3.24. The number of aromatic amines is 1. The van der Waals surface area contributed by atoms with Crippen LogP contribution in [0.15, 0.2) is 40.2 Å². The van der Waals surface area contributed by atoms with Crippen LogP contribution in [0.5, 0.6) is 0 Å². The van der Waals surface area contributed by atoms with Gasteiger partial charge in [0, 0.05) is 12.3 Å². The Morgan fingerprint density at radius 3 is 2.62 bits per heavy atom. The topological polar surface area (TPSA) is 103 Å². The number of hydrogen-bond donors (Lipinski definition) is 2. The van der Waals surface area contributed by atoms with Gasteiger partial charge in [0.1, 0.15) is 6.07 Å². The SMILES string of the molecule is Cc1cc(=O)[nH]cc1NS(=O)(=O)c1ccc(C#N)c(Cl)c1. The molecule has 1 aromatic carbocycles. The molecule has 0 saturated heterocycles. The maximum absolute atomic E-state index is 12.2. The molecule has 1 aromatic heterocycles. The lowest BCUT2D eigenvalue weighted by molar-refractivity contribution is 0.601. The zero-order chi connectivity index (χ0) is 15.6. The van der Waals surface area contributed by atoms with Gasteiger partial charge in [-0.1, -0.05) is 11.6 Å². The van der Waals surface area contributed by atoms with E-state index in [1.807, 2.05) is 6.07 Å². The number of hydrogen-bond acceptors (Lipinski definition) is 4. The molecule has 0 amide bonds. The zero-order valence-corrected chi connectivity index (χ0v) is 12.4. The molecular weight excluding hydrogens is 314 g/mol. The summed E-state index contributed by atoms with van der Waals surface area (Å²) < 4.78 is 26.8. The van der Waals surface area contributed by atoms with Crippen LogP contribution in [0.2, 0.25) is 5.02 Å². The molecule has 8 heteroatoms. The van der Waals surface area contributed by atoms with Crippen LogP contribution >= 0.6 is 11.6 Å². The molecule has 2 rings (SSSR count). The first-order valence-corrected chi connectivity index (χ1v) is 7.61. The minimum Gasteiger partial charge on any atom is -0.327 e. The van der Waals surface area contributed by atoms with Crippen LogP contribution in [0, 0.1) is 18.3 Å². The molecule has 0 aliphatic carbocycles. The average Bonchev–Trinajstić information content (AvgIpc) is 2.42. The summed E-state index contributed by atoms with van der Waals surface area (Å²) in [7, 11) is -3.86. The van der Waals surface area contributed by atoms with E-state index in [4.69, 9.17) is 16.9 Å². The summed E-state index contributed by atoms with van der Waals surface area (Å²) >= 11 is 5.83. The van der Waals surface area contributed by atoms with E-state index in [1.54, 1.807) is 6.92 Å². The van der Waals surface area contributed by atoms with Crippen LogP contribution in [-0.2, 0) is 10.0 Å². The number of sulfonamides is 1. The number of aromatic nitrogens is 1. The number of nitrogens with one attached hydrogen (secondary N) is 2. The summed E-state index contributed by atoms with van der Waals surface area (Å²) in [4.78, 5) is 13.4. The number of nitrogens with zero attached hydrogens (tertiary/aromatic N) is 1. The van der Waals surface area contributed by atoms with E-state index in [1.165, 1.54) is 30.5 Å². The predicted octanol–water partition coefficient (Wildman–Crippen LogP) is 2.01. The number of nitriles is 1. The number of halogens is 1. The minimum atomic E-state index is -3.86. The monoisotopic (exact) mass is 323 g/mol. The lowest BCUT2D eigenvalue weighted by Gasteiger charge is -2.10. The zero-order valence-electron chi connectivity index (χ0n) is 10.8. The number of anilines is 1. The summed E-state index contributed by atoms with van der Waals surface area (Å²) in [6.45, 7) is 1.61. The summed E-state index contributed by atoms with van der Waals surface area (Å²) in [6, 6.07) is 6.95. The van der Waals surface area contributed by atoms with Crippen molar-refractivity contribution in [2.45, 2.75) is 11.8 Å². The molecule has 21 heavy (non-hydrogen) atoms. The smallest absolute Gasteiger partial charge is 0.262 e. The van der Waals surface area contributed by atoms with Crippen molar-refractivity contribution in [3.63, 3.8) is 0 Å². The van der Waals surface area contributed by atoms with E-state index in [2.05, 4.69) is 9.71 Å². The van der Waals surface area contributed by atoms with Crippen molar-refractivity contribution >= 4 is 27.3 Å². The maximum Gasteiger partial charge on any atom is 0.262 e. The predicted molar refractivity (Wildman–Crippen MR) is 78.8 cm³/mol. The molecule has 2 aromatic rings. The fraction of sp³-hybridized carbons (Fsp3) is 0.0769. The Morgan fingerprint density at radius 1 is 1.33 bits per heavy atom. The minimum absolute atomic E-state index is 0.0542. The van der Waals surface area contributed by atoms with Crippen molar-refractivity contribution < 1.29 is 8.42 Å². The molecule has 0 unspecified atom stereocenters. The second-order valence-corrected chi connectivity index (χ2v) is 6.34. The van der Waals surface area contributed by atoms with Gasteiger partial charge in [0.2, 0.25) is 5.56 Å². The first-order chi connectivity index (χ1) is 9.83. The molecule has 0 aliphatic heterocycles. The van der Waals surface area contributed by atoms with Gasteiger partial charge in [-0.2, -0.15) is 5.26 Å². The normalized spacial score (nSPS) is 10.9. The van der Waals surface area contributed by atoms with Gasteiger partial charge in [-0.05, 0) is 30.7 Å². The highest BCUT2D eigenvalue weighted by Gasteiger charge is 2.17. The second-order valence-electron chi connectivity index (χ2n) is 4.25. The Kier molecular flexibility index (Phi) is 4.02. The lowest BCUT2D eigenvalue weighted by atomic mass is 10.2. The first-order valence-electron chi connectivity index (χ1n) is 5.75. The number of pyridine rings is 1. The van der Waals surface area contributed by atoms with Crippen molar-refractivity contribution in [2.24, 2.45) is 0 Å². The van der Waals surface area contributed by atoms with E-state index < -0.39 is 10.0 Å². The largest absolute Gasteiger partial charge is 0.327 e. The van der Waals surface area contributed by atoms with Crippen LogP contribution in [0.25, 0.3) is 0 Å². The molecule has 0 radical (unpaired) electrons. The quantitative estimate of drug-likeness (QED) is 0.901. The fourth-order valence-electron chi connectivity index (χ4n) is 1.64. The highest BCUT2D eigenvalue weighted by Crippen LogP contribution is 2.22. The Bertz CT molecular complexity index is 898. The average molecular weight is 324 g/mol. The Labute approximate surface area is 126 Å². The van der Waals surface area contributed by atoms with E-state index >= 15 is 0 Å². The molecule has 108 valence electrons. The maximum atomic E-state index is 12.2. The van der Waals surface area contributed by atoms with E-state index in [0.29, 0.717) is 5.56 Å². The Hall–Kier alpha value is -2.30. The molecule has 0 saturated carbocycles. The summed E-state index contributed by atoms with van der Waals surface area (Å²) in [5.74, 6) is 0. The van der Waals surface area contributed by atoms with Gasteiger partial charge >= 0.3 is 0 Å². The van der Waals surface area contributed by atoms with Crippen LogP contribution in [-0.4, -0.2) is 13.4 Å². The third-order valence-electron chi connectivity index (χ3n) is 2.75. The van der Waals surface area contributed by atoms with Crippen molar-refractivity contribution in [1.82, 2.24) is 4.98 Å². The molecule has 1 heterocycles. The van der Waals surface area contributed by atoms with Gasteiger partial charge in [0.25, 0.3) is 10.0 Å². The van der Waals surface area contributed by atoms with Crippen molar-refractivity contribution in [3.05, 3.63) is 57.0 Å². The molecule has 6 nitrogen and oxygen atoms in total. The van der Waals surface area contributed by atoms with Crippen LogP contribution in [0.3, 0.4) is 0 Å². The van der Waals surface area contributed by atoms with Crippen LogP contribution in [0.4, 0.5) is 5.69 Å². The third-order valence-corrected chi connectivity index (χ3v) is 4.42. The molecule has 0 spiro atoms. The molecule has 0 aliphatic rings. The number of rotatable bonds is 3. The summed E-state index contributed by atoms with van der Waals surface area (Å²) in [6.07, 6.45) is 1.28. The van der Waals surface area contributed by atoms with Crippen LogP contribution < -0.4 is 10.3 Å². The Morgan fingerprint density at radius 2 is 2.05 bits per heavy atom. The molecule has 0 fully saturated rings. The van der Waals surface area contributed by atoms with Gasteiger partial charge in [-0.3, -0.25) is 9.52 Å². The lowest BCUT2D eigenvalue weighted by Crippen LogP contribution is -2.16. The van der Waals surface area contributed by atoms with E-state index in [9.17, 15) is 13.2 Å². The van der Waals surface area contributed by atoms with Gasteiger partial charge in [-0.25, -0.2) is 8.42 Å². The van der Waals surface area contributed by atoms with Crippen molar-refractivity contribution in [2.75, 3.05) is 4.72 Å². The highest BCUT2D eigenvalue weighted by atomic mass is 35.5. The van der Waals surface area contributed by atoms with Crippen molar-refractivity contribution in [1.29, 1.82) is 5.26 Å². The molecule has 0 atom stereocenters. The van der Waals surface area contributed by atoms with E-state index in [0.717, 1.165) is 0 Å².